The van der Waals surface area contributed by atoms with E-state index >= 15 is 0 Å². The van der Waals surface area contributed by atoms with Crippen molar-refractivity contribution >= 4 is 15.9 Å². The Kier molecular flexibility index (Phi) is 4.75. The first-order valence-electron chi connectivity index (χ1n) is 5.14. The van der Waals surface area contributed by atoms with Gasteiger partial charge in [-0.2, -0.15) is 26.3 Å². The number of benzene rings is 1. The predicted molar refractivity (Wildman–Crippen MR) is 59.7 cm³/mol. The van der Waals surface area contributed by atoms with Crippen LogP contribution in [-0.2, 0) is 0 Å². The Labute approximate surface area is 117 Å². The molecule has 0 aromatic heterocycles. The van der Waals surface area contributed by atoms with Crippen molar-refractivity contribution in [2.45, 2.75) is 30.5 Å². The van der Waals surface area contributed by atoms with E-state index in [1.165, 1.54) is 12.1 Å². The molecule has 114 valence electrons. The number of rotatable bonds is 3. The lowest BCUT2D eigenvalue weighted by molar-refractivity contribution is -0.347. The molecular formula is C11H8BrF7O. The minimum atomic E-state index is -6.17. The molecule has 20 heavy (non-hydrogen) atoms. The molecule has 0 spiro atoms. The Hall–Kier alpha value is -0.830. The maximum Gasteiger partial charge on any atom is 0.431 e. The third-order valence-corrected chi connectivity index (χ3v) is 3.16. The topological polar surface area (TPSA) is 20.2 Å². The van der Waals surface area contributed by atoms with E-state index in [1.54, 1.807) is 0 Å². The van der Waals surface area contributed by atoms with Crippen molar-refractivity contribution in [3.8, 4) is 0 Å². The number of hydrogen-bond donors (Lipinski definition) is 1. The van der Waals surface area contributed by atoms with Gasteiger partial charge in [0.05, 0.1) is 6.10 Å². The summed E-state index contributed by atoms with van der Waals surface area (Å²) in [5.41, 5.74) is -5.71. The first kappa shape index (κ1) is 17.2. The van der Waals surface area contributed by atoms with Gasteiger partial charge in [0.15, 0.2) is 0 Å². The predicted octanol–water partition coefficient (Wildman–Crippen LogP) is 4.71. The fourth-order valence-electron chi connectivity index (χ4n) is 1.46. The van der Waals surface area contributed by atoms with E-state index in [9.17, 15) is 35.8 Å². The van der Waals surface area contributed by atoms with Crippen molar-refractivity contribution in [1.29, 1.82) is 0 Å². The molecular weight excluding hydrogens is 361 g/mol. The van der Waals surface area contributed by atoms with Crippen molar-refractivity contribution in [3.63, 3.8) is 0 Å². The summed E-state index contributed by atoms with van der Waals surface area (Å²) in [6, 6.07) is 4.81. The van der Waals surface area contributed by atoms with E-state index < -0.39 is 30.5 Å². The second kappa shape index (κ2) is 5.51. The molecule has 1 aromatic carbocycles. The van der Waals surface area contributed by atoms with Gasteiger partial charge in [-0.3, -0.25) is 0 Å². The van der Waals surface area contributed by atoms with Gasteiger partial charge in [0.25, 0.3) is 0 Å². The largest absolute Gasteiger partial charge is 0.431 e. The minimum absolute atomic E-state index is 0.247. The third kappa shape index (κ3) is 3.43. The summed E-state index contributed by atoms with van der Waals surface area (Å²) in [5, 5.41) is 9.42. The summed E-state index contributed by atoms with van der Waals surface area (Å²) in [4.78, 5) is 0. The van der Waals surface area contributed by atoms with Crippen LogP contribution in [0.15, 0.2) is 28.7 Å². The molecule has 0 heterocycles. The second-order valence-corrected chi connectivity index (χ2v) is 4.98. The van der Waals surface area contributed by atoms with Gasteiger partial charge in [-0.05, 0) is 17.7 Å². The van der Waals surface area contributed by atoms with Crippen molar-refractivity contribution in [2.75, 3.05) is 0 Å². The summed E-state index contributed by atoms with van der Waals surface area (Å²) in [5.74, 6) is 0. The van der Waals surface area contributed by atoms with E-state index in [0.29, 0.717) is 4.47 Å². The van der Waals surface area contributed by atoms with E-state index in [4.69, 9.17) is 0 Å². The van der Waals surface area contributed by atoms with Crippen LogP contribution in [0.25, 0.3) is 0 Å². The zero-order valence-electron chi connectivity index (χ0n) is 9.56. The monoisotopic (exact) mass is 368 g/mol. The molecule has 0 radical (unpaired) electrons. The number of aliphatic hydroxyl groups is 1. The van der Waals surface area contributed by atoms with Crippen molar-refractivity contribution in [1.82, 2.24) is 0 Å². The molecule has 1 nitrogen and oxygen atoms in total. The van der Waals surface area contributed by atoms with Gasteiger partial charge >= 0.3 is 18.0 Å². The van der Waals surface area contributed by atoms with Crippen LogP contribution in [0.5, 0.6) is 0 Å². The Morgan fingerprint density at radius 2 is 1.30 bits per heavy atom. The number of aliphatic hydroxyl groups excluding tert-OH is 1. The molecule has 1 unspecified atom stereocenters. The van der Waals surface area contributed by atoms with Gasteiger partial charge in [0.2, 0.25) is 0 Å². The molecule has 0 fully saturated rings. The lowest BCUT2D eigenvalue weighted by atomic mass is 9.93. The Balaban J connectivity index is 3.05. The zero-order valence-corrected chi connectivity index (χ0v) is 11.2. The van der Waals surface area contributed by atoms with E-state index in [1.807, 2.05) is 0 Å². The van der Waals surface area contributed by atoms with Gasteiger partial charge in [-0.15, -0.1) is 0 Å². The zero-order chi connectivity index (χ0) is 15.8. The van der Waals surface area contributed by atoms with Gasteiger partial charge in [-0.25, -0.2) is 4.39 Å². The maximum absolute atomic E-state index is 13.4. The van der Waals surface area contributed by atoms with Gasteiger partial charge in [0.1, 0.15) is 0 Å². The molecule has 1 N–H and O–H groups in total. The van der Waals surface area contributed by atoms with E-state index in [-0.39, 0.29) is 5.56 Å². The Morgan fingerprint density at radius 1 is 0.900 bits per heavy atom. The lowest BCUT2D eigenvalue weighted by Crippen LogP contribution is -2.54. The van der Waals surface area contributed by atoms with Crippen molar-refractivity contribution < 1.29 is 35.8 Å². The molecule has 1 rings (SSSR count). The minimum Gasteiger partial charge on any atom is -0.388 e. The highest BCUT2D eigenvalue weighted by Gasteiger charge is 2.72. The average Bonchev–Trinajstić information content (AvgIpc) is 2.26. The fraction of sp³-hybridized carbons (Fsp3) is 0.455. The lowest BCUT2D eigenvalue weighted by Gasteiger charge is -2.31. The van der Waals surface area contributed by atoms with Crippen LogP contribution < -0.4 is 0 Å². The molecule has 0 amide bonds. The van der Waals surface area contributed by atoms with Gasteiger partial charge < -0.3 is 5.11 Å². The maximum atomic E-state index is 13.4. The van der Waals surface area contributed by atoms with Crippen LogP contribution in [0.1, 0.15) is 18.1 Å². The van der Waals surface area contributed by atoms with Crippen LogP contribution >= 0.6 is 15.9 Å². The molecule has 0 aliphatic carbocycles. The normalized spacial score (nSPS) is 15.2. The highest BCUT2D eigenvalue weighted by molar-refractivity contribution is 9.10. The highest BCUT2D eigenvalue weighted by atomic mass is 79.9. The molecule has 9 heteroatoms. The first-order chi connectivity index (χ1) is 8.88. The van der Waals surface area contributed by atoms with Crippen LogP contribution in [0.2, 0.25) is 0 Å². The standard InChI is InChI=1S/C11H8BrF7O/c12-7-3-1-6(2-4-7)8(20)5-9(13,10(14,15)16)11(17,18)19/h1-4,8,20H,5H2. The molecule has 0 saturated heterocycles. The quantitative estimate of drug-likeness (QED) is 0.766. The summed E-state index contributed by atoms with van der Waals surface area (Å²) < 4.78 is 87.9. The van der Waals surface area contributed by atoms with Crippen LogP contribution in [0.4, 0.5) is 30.7 Å². The summed E-state index contributed by atoms with van der Waals surface area (Å²) in [7, 11) is 0. The van der Waals surface area contributed by atoms with Crippen LogP contribution in [-0.4, -0.2) is 23.1 Å². The van der Waals surface area contributed by atoms with Crippen LogP contribution in [0, 0.1) is 0 Å². The molecule has 0 aliphatic heterocycles. The van der Waals surface area contributed by atoms with Gasteiger partial charge in [0, 0.05) is 10.9 Å². The highest BCUT2D eigenvalue weighted by Crippen LogP contribution is 2.50. The molecule has 0 bridgehead atoms. The molecule has 0 aliphatic rings. The van der Waals surface area contributed by atoms with E-state index in [0.717, 1.165) is 12.1 Å². The van der Waals surface area contributed by atoms with E-state index in [2.05, 4.69) is 15.9 Å². The summed E-state index contributed by atoms with van der Waals surface area (Å²) >= 11 is 3.00. The number of halogens is 8. The van der Waals surface area contributed by atoms with Gasteiger partial charge in [-0.1, -0.05) is 28.1 Å². The molecule has 0 saturated carbocycles. The fourth-order valence-corrected chi connectivity index (χ4v) is 1.73. The number of alkyl halides is 7. The van der Waals surface area contributed by atoms with Crippen molar-refractivity contribution in [2.24, 2.45) is 0 Å². The Morgan fingerprint density at radius 3 is 1.65 bits per heavy atom. The SMILES string of the molecule is OC(CC(F)(C(F)(F)F)C(F)(F)F)c1ccc(Br)cc1. The molecule has 1 atom stereocenters. The molecule has 1 aromatic rings. The third-order valence-electron chi connectivity index (χ3n) is 2.63. The average molecular weight is 369 g/mol. The van der Waals surface area contributed by atoms with Crippen LogP contribution in [0.3, 0.4) is 0 Å². The summed E-state index contributed by atoms with van der Waals surface area (Å²) in [6.45, 7) is 0. The van der Waals surface area contributed by atoms with Crippen molar-refractivity contribution in [3.05, 3.63) is 34.3 Å². The number of hydrogen-bond acceptors (Lipinski definition) is 1. The second-order valence-electron chi connectivity index (χ2n) is 4.07. The summed E-state index contributed by atoms with van der Waals surface area (Å²) in [6.07, 6.45) is -16.7. The smallest absolute Gasteiger partial charge is 0.388 e. The Bertz CT molecular complexity index is 437. The first-order valence-corrected chi connectivity index (χ1v) is 5.93.